The van der Waals surface area contributed by atoms with Crippen molar-refractivity contribution in [2.75, 3.05) is 146 Å². The van der Waals surface area contributed by atoms with Gasteiger partial charge in [-0.1, -0.05) is 0 Å². The summed E-state index contributed by atoms with van der Waals surface area (Å²) in [5.41, 5.74) is 6.52. The number of methoxy groups -OCH3 is 2. The molecule has 2 N–H and O–H groups in total. The van der Waals surface area contributed by atoms with Gasteiger partial charge in [0.05, 0.1) is 117 Å². The standard InChI is InChI=1S/C20H22F3N3O2.C20H25N3O2.C19H20F3N3O2.C19H23N3O2/c1-13(12-25-7-9-28-10-8-25)26-17-11-14(27-2)3-4-15(17)16-5-6-24-19(18(16)26)20(21,22)23;1-14(13-22-8-10-25-11-9-22)23-19-12-16(24-3)4-5-17(19)18-6-7-21-15(2)20(18)23;1-12(11-24-6-8-27-9-7-24)25-16-10-13(26)2-3-14(16)15-4-5-23-18(17(15)25)19(20,21)22;1-13(12-21-7-9-24-10-8-21)22-18-11-15(23)3-4-16(18)17-5-6-20-14(2)19(17)22/h3-6,11,13H,7-10,12H2,1-2H3;4-7,12,14H,8-11,13H2,1-3H3;2-5,10,12,23H,6-9,11H2,1H3;3-6,11,13,20H,7-10,12H2,1-2H3. The molecule has 4 aliphatic heterocycles. The molecule has 104 heavy (non-hydrogen) atoms. The molecule has 8 aromatic heterocycles. The predicted molar refractivity (Wildman–Crippen MR) is 395 cm³/mol. The fraction of sp³-hybridized carbons (Fsp3) is 0.436. The van der Waals surface area contributed by atoms with E-state index in [4.69, 9.17) is 28.4 Å². The summed E-state index contributed by atoms with van der Waals surface area (Å²) >= 11 is 0. The Balaban J connectivity index is 0.000000123. The molecule has 4 aromatic carbocycles. The molecule has 4 unspecified atom stereocenters. The molecule has 552 valence electrons. The van der Waals surface area contributed by atoms with Gasteiger partial charge in [-0.2, -0.15) is 26.3 Å². The molecule has 0 saturated carbocycles. The third kappa shape index (κ3) is 15.3. The number of nitrogens with zero attached hydrogens (tertiary/aromatic N) is 10. The molecule has 26 heteroatoms. The van der Waals surface area contributed by atoms with Gasteiger partial charge in [-0.25, -0.2) is 4.98 Å². The third-order valence-electron chi connectivity index (χ3n) is 20.5. The second-order valence-corrected chi connectivity index (χ2v) is 27.5. The van der Waals surface area contributed by atoms with Crippen LogP contribution in [-0.4, -0.2) is 203 Å². The lowest BCUT2D eigenvalue weighted by Crippen LogP contribution is -2.39. The van der Waals surface area contributed by atoms with E-state index in [1.165, 1.54) is 57.2 Å². The molecule has 4 aliphatic rings. The van der Waals surface area contributed by atoms with Gasteiger partial charge in [0, 0.05) is 201 Å². The Morgan fingerprint density at radius 2 is 0.760 bits per heavy atom. The lowest BCUT2D eigenvalue weighted by molar-refractivity contribution is -0.140. The lowest BCUT2D eigenvalue weighted by atomic mass is 10.1. The lowest BCUT2D eigenvalue weighted by Gasteiger charge is -2.30. The average molecular weight is 1440 g/mol. The maximum absolute atomic E-state index is 13.8. The highest BCUT2D eigenvalue weighted by molar-refractivity contribution is 6.12. The number of aromatic nitrogens is 8. The summed E-state index contributed by atoms with van der Waals surface area (Å²) in [6, 6.07) is 29.2. The van der Waals surface area contributed by atoms with E-state index in [0.717, 1.165) is 125 Å². The van der Waals surface area contributed by atoms with Crippen molar-refractivity contribution in [2.45, 2.75) is 78.1 Å². The van der Waals surface area contributed by atoms with E-state index in [2.05, 4.69) is 101 Å². The molecule has 0 bridgehead atoms. The molecule has 0 spiro atoms. The third-order valence-corrected chi connectivity index (χ3v) is 20.5. The number of aromatic amines is 2. The smallest absolute Gasteiger partial charge is 0.435 e. The highest BCUT2D eigenvalue weighted by Crippen LogP contribution is 2.43. The van der Waals surface area contributed by atoms with E-state index in [-0.39, 0.29) is 40.0 Å². The Hall–Kier alpha value is -8.86. The number of pyridine rings is 4. The zero-order valence-corrected chi connectivity index (χ0v) is 60.0. The van der Waals surface area contributed by atoms with Crippen LogP contribution in [0, 0.1) is 13.8 Å². The quantitative estimate of drug-likeness (QED) is 0.0982. The Morgan fingerprint density at radius 3 is 1.17 bits per heavy atom. The number of nitrogens with one attached hydrogen (secondary N) is 2. The monoisotopic (exact) mass is 1440 g/mol. The van der Waals surface area contributed by atoms with Crippen LogP contribution in [0.15, 0.2) is 131 Å². The zero-order chi connectivity index (χ0) is 73.1. The average Bonchev–Trinajstić information content (AvgIpc) is 1.61. The topological polar surface area (TPSA) is 180 Å². The Morgan fingerprint density at radius 1 is 0.413 bits per heavy atom. The zero-order valence-electron chi connectivity index (χ0n) is 60.0. The van der Waals surface area contributed by atoms with Crippen molar-refractivity contribution in [1.82, 2.24) is 57.8 Å². The van der Waals surface area contributed by atoms with E-state index in [1.54, 1.807) is 65.8 Å². The van der Waals surface area contributed by atoms with Gasteiger partial charge >= 0.3 is 12.4 Å². The van der Waals surface area contributed by atoms with Crippen LogP contribution < -0.4 is 20.3 Å². The van der Waals surface area contributed by atoms with E-state index >= 15 is 0 Å². The molecule has 0 radical (unpaired) electrons. The predicted octanol–water partition coefficient (Wildman–Crippen LogP) is 13.6. The molecular formula is C78H90F6N12O8. The number of alkyl halides is 6. The van der Waals surface area contributed by atoms with Crippen LogP contribution in [0.2, 0.25) is 0 Å². The number of halogens is 6. The van der Waals surface area contributed by atoms with Crippen molar-refractivity contribution in [3.8, 4) is 11.5 Å². The summed E-state index contributed by atoms with van der Waals surface area (Å²) in [6.45, 7) is 28.5. The van der Waals surface area contributed by atoms with Gasteiger partial charge in [0.1, 0.15) is 17.2 Å². The highest BCUT2D eigenvalue weighted by atomic mass is 19.4. The Bertz CT molecular complexity index is 5130. The SMILES string of the molecule is CC(CN1CCOCC1)n1c2cc(=O)ccc2c2cc[nH]c(C(F)(F)F)c21.COc1ccc2c3ccnc(C(F)(F)F)c3n(C(C)CN3CCOCC3)c2c1.COc1ccc2c3ccnc(C)c3n(C(C)CN3CCOCC3)c2c1.Cc1[nH]ccc2c3ccc(=O)cc3n(C(C)CN3CCOCC3)c12. The Kier molecular flexibility index (Phi) is 22.2. The normalized spacial score (nSPS) is 17.4. The van der Waals surface area contributed by atoms with Crippen molar-refractivity contribution in [3.05, 3.63) is 165 Å². The molecular weight excluding hydrogens is 1350 g/mol. The number of benzene rings is 4. The summed E-state index contributed by atoms with van der Waals surface area (Å²) in [6.07, 6.45) is -2.66. The summed E-state index contributed by atoms with van der Waals surface area (Å²) in [5, 5.41) is 7.33. The summed E-state index contributed by atoms with van der Waals surface area (Å²) < 4.78 is 123. The van der Waals surface area contributed by atoms with Crippen LogP contribution in [0.4, 0.5) is 26.3 Å². The van der Waals surface area contributed by atoms with Gasteiger partial charge in [-0.3, -0.25) is 34.2 Å². The molecule has 0 aliphatic carbocycles. The van der Waals surface area contributed by atoms with Crippen LogP contribution in [-0.2, 0) is 31.3 Å². The minimum Gasteiger partial charge on any atom is -0.497 e. The maximum Gasteiger partial charge on any atom is 0.435 e. The van der Waals surface area contributed by atoms with Gasteiger partial charge in [-0.15, -0.1) is 0 Å². The summed E-state index contributed by atoms with van der Waals surface area (Å²) in [7, 11) is 3.27. The number of ether oxygens (including phenoxy) is 6. The fourth-order valence-corrected chi connectivity index (χ4v) is 15.8. The van der Waals surface area contributed by atoms with Crippen LogP contribution in [0.3, 0.4) is 0 Å². The largest absolute Gasteiger partial charge is 0.497 e. The number of fused-ring (bicyclic) bond motifs is 12. The fourth-order valence-electron chi connectivity index (χ4n) is 15.8. The number of hydrogen-bond donors (Lipinski definition) is 2. The number of aryl methyl sites for hydroxylation is 2. The minimum atomic E-state index is -4.53. The first-order valence-corrected chi connectivity index (χ1v) is 35.6. The van der Waals surface area contributed by atoms with Crippen LogP contribution in [0.25, 0.3) is 87.2 Å². The molecule has 4 atom stereocenters. The number of hydrogen-bond acceptors (Lipinski definition) is 14. The van der Waals surface area contributed by atoms with Gasteiger partial charge in [0.25, 0.3) is 0 Å². The van der Waals surface area contributed by atoms with Crippen molar-refractivity contribution in [1.29, 1.82) is 0 Å². The maximum atomic E-state index is 13.8. The number of H-pyrrole nitrogens is 2. The molecule has 12 heterocycles. The van der Waals surface area contributed by atoms with E-state index in [1.807, 2.05) is 44.4 Å². The second-order valence-electron chi connectivity index (χ2n) is 27.5. The van der Waals surface area contributed by atoms with E-state index in [0.29, 0.717) is 78.5 Å². The number of rotatable bonds is 14. The molecule has 20 nitrogen and oxygen atoms in total. The van der Waals surface area contributed by atoms with Crippen molar-refractivity contribution in [2.24, 2.45) is 0 Å². The van der Waals surface area contributed by atoms with Gasteiger partial charge in [0.2, 0.25) is 0 Å². The molecule has 4 saturated heterocycles. The summed E-state index contributed by atoms with van der Waals surface area (Å²) in [4.78, 5) is 47.1. The first kappa shape index (κ1) is 73.5. The van der Waals surface area contributed by atoms with Crippen LogP contribution >= 0.6 is 0 Å². The van der Waals surface area contributed by atoms with Gasteiger partial charge in [-0.05, 0) is 114 Å². The first-order valence-electron chi connectivity index (χ1n) is 35.6. The number of morpholine rings is 4. The minimum absolute atomic E-state index is 0.0618. The van der Waals surface area contributed by atoms with E-state index < -0.39 is 23.7 Å². The van der Waals surface area contributed by atoms with Crippen molar-refractivity contribution < 1.29 is 54.8 Å². The first-order chi connectivity index (χ1) is 50.1. The highest BCUT2D eigenvalue weighted by Gasteiger charge is 2.39. The summed E-state index contributed by atoms with van der Waals surface area (Å²) in [5.74, 6) is 1.50. The molecule has 4 fully saturated rings. The van der Waals surface area contributed by atoms with Crippen molar-refractivity contribution >= 4 is 87.2 Å². The van der Waals surface area contributed by atoms with E-state index in [9.17, 15) is 35.9 Å². The van der Waals surface area contributed by atoms with Crippen molar-refractivity contribution in [3.63, 3.8) is 0 Å². The Labute approximate surface area is 597 Å². The van der Waals surface area contributed by atoms with Crippen LogP contribution in [0.1, 0.15) is 74.6 Å². The molecule has 16 rings (SSSR count). The van der Waals surface area contributed by atoms with Gasteiger partial charge in [0.15, 0.2) is 16.6 Å². The molecule has 12 aromatic rings. The van der Waals surface area contributed by atoms with Crippen LogP contribution in [0.5, 0.6) is 11.5 Å². The molecule has 0 amide bonds. The second kappa shape index (κ2) is 31.5. The van der Waals surface area contributed by atoms with Gasteiger partial charge < -0.3 is 56.7 Å².